The normalized spacial score (nSPS) is 24.6. The van der Waals surface area contributed by atoms with Crippen LogP contribution < -0.4 is 5.32 Å². The van der Waals surface area contributed by atoms with Crippen molar-refractivity contribution in [2.75, 3.05) is 32.4 Å². The van der Waals surface area contributed by atoms with Gasteiger partial charge < -0.3 is 10.2 Å². The van der Waals surface area contributed by atoms with Gasteiger partial charge in [0.25, 0.3) is 0 Å². The zero-order valence-electron chi connectivity index (χ0n) is 12.1. The minimum absolute atomic E-state index is 0.114. The highest BCUT2D eigenvalue weighted by molar-refractivity contribution is 7.99. The summed E-state index contributed by atoms with van der Waals surface area (Å²) in [6.45, 7) is 3.48. The van der Waals surface area contributed by atoms with Gasteiger partial charge in [0.1, 0.15) is 5.82 Å². The topological polar surface area (TPSA) is 15.3 Å². The summed E-state index contributed by atoms with van der Waals surface area (Å²) in [6.07, 6.45) is 3.66. The Balaban J connectivity index is 1.60. The first-order valence-corrected chi connectivity index (χ1v) is 8.55. The highest BCUT2D eigenvalue weighted by Gasteiger charge is 2.23. The van der Waals surface area contributed by atoms with Crippen LogP contribution in [-0.2, 0) is 0 Å². The van der Waals surface area contributed by atoms with E-state index in [0.717, 1.165) is 30.2 Å². The third-order valence-electron chi connectivity index (χ3n) is 4.50. The average Bonchev–Trinajstić information content (AvgIpc) is 2.47. The van der Waals surface area contributed by atoms with E-state index in [0.29, 0.717) is 6.04 Å². The molecule has 4 heteroatoms. The third kappa shape index (κ3) is 3.35. The first-order chi connectivity index (χ1) is 9.72. The Bertz CT molecular complexity index is 458. The van der Waals surface area contributed by atoms with Gasteiger partial charge in [0.2, 0.25) is 0 Å². The van der Waals surface area contributed by atoms with Gasteiger partial charge in [0.05, 0.1) is 0 Å². The highest BCUT2D eigenvalue weighted by atomic mass is 32.2. The van der Waals surface area contributed by atoms with E-state index in [4.69, 9.17) is 0 Å². The van der Waals surface area contributed by atoms with Crippen LogP contribution >= 0.6 is 11.8 Å². The SMILES string of the molecule is CN1CCC(CNC2CCSc3ccc(F)cc32)CC1. The molecule has 1 N–H and O–H groups in total. The summed E-state index contributed by atoms with van der Waals surface area (Å²) in [7, 11) is 2.20. The van der Waals surface area contributed by atoms with Crippen molar-refractivity contribution in [3.63, 3.8) is 0 Å². The molecular weight excluding hydrogens is 271 g/mol. The molecule has 0 aliphatic carbocycles. The third-order valence-corrected chi connectivity index (χ3v) is 5.63. The lowest BCUT2D eigenvalue weighted by atomic mass is 9.95. The smallest absolute Gasteiger partial charge is 0.123 e. The van der Waals surface area contributed by atoms with Gasteiger partial charge in [0, 0.05) is 10.9 Å². The van der Waals surface area contributed by atoms with Gasteiger partial charge in [0.15, 0.2) is 0 Å². The number of fused-ring (bicyclic) bond motifs is 1. The van der Waals surface area contributed by atoms with Crippen molar-refractivity contribution in [2.24, 2.45) is 5.92 Å². The molecule has 110 valence electrons. The monoisotopic (exact) mass is 294 g/mol. The van der Waals surface area contributed by atoms with Gasteiger partial charge >= 0.3 is 0 Å². The fraction of sp³-hybridized carbons (Fsp3) is 0.625. The number of thioether (sulfide) groups is 1. The first-order valence-electron chi connectivity index (χ1n) is 7.56. The molecule has 0 bridgehead atoms. The van der Waals surface area contributed by atoms with Gasteiger partial charge in [-0.2, -0.15) is 0 Å². The summed E-state index contributed by atoms with van der Waals surface area (Å²) < 4.78 is 13.5. The minimum atomic E-state index is -0.114. The van der Waals surface area contributed by atoms with Crippen LogP contribution in [0.25, 0.3) is 0 Å². The summed E-state index contributed by atoms with van der Waals surface area (Å²) in [5.74, 6) is 1.79. The van der Waals surface area contributed by atoms with E-state index < -0.39 is 0 Å². The van der Waals surface area contributed by atoms with Gasteiger partial charge in [-0.05, 0) is 81.4 Å². The predicted octanol–water partition coefficient (Wildman–Crippen LogP) is 3.29. The number of hydrogen-bond acceptors (Lipinski definition) is 3. The standard InChI is InChI=1S/C16H23FN2S/c1-19-7-4-12(5-8-19)11-18-15-6-9-20-16-3-2-13(17)10-14(15)16/h2-3,10,12,15,18H,4-9,11H2,1H3. The predicted molar refractivity (Wildman–Crippen MR) is 82.7 cm³/mol. The van der Waals surface area contributed by atoms with Crippen LogP contribution in [0.3, 0.4) is 0 Å². The first kappa shape index (κ1) is 14.4. The van der Waals surface area contributed by atoms with E-state index in [2.05, 4.69) is 17.3 Å². The largest absolute Gasteiger partial charge is 0.310 e. The molecule has 3 rings (SSSR count). The van der Waals surface area contributed by atoms with Gasteiger partial charge in [-0.25, -0.2) is 4.39 Å². The lowest BCUT2D eigenvalue weighted by molar-refractivity contribution is 0.212. The van der Waals surface area contributed by atoms with Crippen molar-refractivity contribution >= 4 is 11.8 Å². The van der Waals surface area contributed by atoms with Crippen LogP contribution in [0.4, 0.5) is 4.39 Å². The van der Waals surface area contributed by atoms with E-state index in [1.807, 2.05) is 17.8 Å². The molecule has 2 nitrogen and oxygen atoms in total. The van der Waals surface area contributed by atoms with E-state index in [1.54, 1.807) is 12.1 Å². The molecule has 1 fully saturated rings. The van der Waals surface area contributed by atoms with E-state index in [9.17, 15) is 4.39 Å². The van der Waals surface area contributed by atoms with Crippen molar-refractivity contribution in [2.45, 2.75) is 30.2 Å². The lowest BCUT2D eigenvalue weighted by Crippen LogP contribution is -2.36. The summed E-state index contributed by atoms with van der Waals surface area (Å²) in [6, 6.07) is 5.55. The lowest BCUT2D eigenvalue weighted by Gasteiger charge is -2.32. The summed E-state index contributed by atoms with van der Waals surface area (Å²) in [5, 5.41) is 3.69. The fourth-order valence-corrected chi connectivity index (χ4v) is 4.26. The molecule has 0 radical (unpaired) electrons. The molecule has 1 aromatic rings. The summed E-state index contributed by atoms with van der Waals surface area (Å²) >= 11 is 1.85. The van der Waals surface area contributed by atoms with E-state index >= 15 is 0 Å². The second-order valence-corrected chi connectivity index (χ2v) is 7.16. The second kappa shape index (κ2) is 6.46. The van der Waals surface area contributed by atoms with Crippen LogP contribution in [0.2, 0.25) is 0 Å². The molecule has 2 aliphatic heterocycles. The van der Waals surface area contributed by atoms with E-state index in [-0.39, 0.29) is 5.82 Å². The summed E-state index contributed by atoms with van der Waals surface area (Å²) in [4.78, 5) is 3.65. The average molecular weight is 294 g/mol. The zero-order valence-corrected chi connectivity index (χ0v) is 12.9. The number of likely N-dealkylation sites (tertiary alicyclic amines) is 1. The Hall–Kier alpha value is -0.580. The molecule has 0 amide bonds. The molecule has 20 heavy (non-hydrogen) atoms. The molecule has 2 aliphatic rings. The van der Waals surface area contributed by atoms with Gasteiger partial charge in [-0.15, -0.1) is 11.8 Å². The van der Waals surface area contributed by atoms with Gasteiger partial charge in [-0.1, -0.05) is 0 Å². The molecule has 1 saturated heterocycles. The zero-order chi connectivity index (χ0) is 13.9. The number of halogens is 1. The van der Waals surface area contributed by atoms with Crippen molar-refractivity contribution in [3.05, 3.63) is 29.6 Å². The van der Waals surface area contributed by atoms with Crippen LogP contribution in [0.5, 0.6) is 0 Å². The minimum Gasteiger partial charge on any atom is -0.310 e. The van der Waals surface area contributed by atoms with Crippen molar-refractivity contribution in [3.8, 4) is 0 Å². The van der Waals surface area contributed by atoms with Gasteiger partial charge in [-0.3, -0.25) is 0 Å². The number of piperidine rings is 1. The molecule has 1 aromatic carbocycles. The number of benzene rings is 1. The Kier molecular flexibility index (Phi) is 4.64. The maximum Gasteiger partial charge on any atom is 0.123 e. The Labute approximate surface area is 125 Å². The molecule has 2 heterocycles. The quantitative estimate of drug-likeness (QED) is 0.921. The maximum atomic E-state index is 13.5. The van der Waals surface area contributed by atoms with Crippen molar-refractivity contribution in [1.29, 1.82) is 0 Å². The molecule has 0 saturated carbocycles. The van der Waals surface area contributed by atoms with Crippen LogP contribution in [0.15, 0.2) is 23.1 Å². The second-order valence-electron chi connectivity index (χ2n) is 6.03. The fourth-order valence-electron chi connectivity index (χ4n) is 3.15. The van der Waals surface area contributed by atoms with Crippen LogP contribution in [0.1, 0.15) is 30.9 Å². The van der Waals surface area contributed by atoms with Crippen molar-refractivity contribution < 1.29 is 4.39 Å². The van der Waals surface area contributed by atoms with Crippen LogP contribution in [0, 0.1) is 11.7 Å². The molecule has 0 spiro atoms. The number of nitrogens with one attached hydrogen (secondary N) is 1. The molecule has 1 atom stereocenters. The Morgan fingerprint density at radius 1 is 1.30 bits per heavy atom. The summed E-state index contributed by atoms with van der Waals surface area (Å²) in [5.41, 5.74) is 1.16. The van der Waals surface area contributed by atoms with Crippen molar-refractivity contribution in [1.82, 2.24) is 10.2 Å². The Morgan fingerprint density at radius 3 is 2.90 bits per heavy atom. The number of hydrogen-bond donors (Lipinski definition) is 1. The molecule has 0 aromatic heterocycles. The maximum absolute atomic E-state index is 13.5. The Morgan fingerprint density at radius 2 is 2.10 bits per heavy atom. The molecule has 1 unspecified atom stereocenters. The van der Waals surface area contributed by atoms with E-state index in [1.165, 1.54) is 30.8 Å². The number of nitrogens with zero attached hydrogens (tertiary/aromatic N) is 1. The molecular formula is C16H23FN2S. The number of rotatable bonds is 3. The highest BCUT2D eigenvalue weighted by Crippen LogP contribution is 2.36. The van der Waals surface area contributed by atoms with Crippen LogP contribution in [-0.4, -0.2) is 37.3 Å².